The van der Waals surface area contributed by atoms with Crippen LogP contribution < -0.4 is 10.5 Å². The molecule has 1 aromatic carbocycles. The minimum atomic E-state index is -2.95. The third kappa shape index (κ3) is 3.33. The molecule has 2 aliphatic heterocycles. The standard InChI is InChI=1S/C19H18F3N3O2S/c1-10-15-8-28-18(23)25-19(15,9-26-10)14-5-11(2-3-16(14)20)12-4-13(7-24-6-12)27-17(21)22/h2-7,10,15,17H,8-9H2,1H3,(H2,23,25)/t10-,15-,19-/m1/s1. The highest BCUT2D eigenvalue weighted by molar-refractivity contribution is 8.13. The molecule has 0 radical (unpaired) electrons. The van der Waals surface area contributed by atoms with Crippen molar-refractivity contribution < 1.29 is 22.6 Å². The van der Waals surface area contributed by atoms with E-state index in [9.17, 15) is 13.2 Å². The maximum absolute atomic E-state index is 14.9. The molecule has 1 aromatic heterocycles. The highest BCUT2D eigenvalue weighted by Gasteiger charge is 2.52. The fourth-order valence-corrected chi connectivity index (χ4v) is 4.91. The van der Waals surface area contributed by atoms with Crippen LogP contribution in [0.2, 0.25) is 0 Å². The van der Waals surface area contributed by atoms with Gasteiger partial charge in [0.2, 0.25) is 0 Å². The van der Waals surface area contributed by atoms with Gasteiger partial charge in [0.25, 0.3) is 0 Å². The van der Waals surface area contributed by atoms with Gasteiger partial charge in [0.15, 0.2) is 5.17 Å². The number of rotatable bonds is 4. The van der Waals surface area contributed by atoms with E-state index in [1.54, 1.807) is 12.1 Å². The number of hydrogen-bond donors (Lipinski definition) is 1. The summed E-state index contributed by atoms with van der Waals surface area (Å²) in [7, 11) is 0. The third-order valence-corrected chi connectivity index (χ3v) is 6.08. The summed E-state index contributed by atoms with van der Waals surface area (Å²) in [6, 6.07) is 6.01. The smallest absolute Gasteiger partial charge is 0.387 e. The molecule has 28 heavy (non-hydrogen) atoms. The average molecular weight is 409 g/mol. The van der Waals surface area contributed by atoms with Crippen molar-refractivity contribution in [1.29, 1.82) is 0 Å². The van der Waals surface area contributed by atoms with E-state index in [4.69, 9.17) is 10.5 Å². The number of aromatic nitrogens is 1. The van der Waals surface area contributed by atoms with Crippen molar-refractivity contribution in [2.75, 3.05) is 12.4 Å². The van der Waals surface area contributed by atoms with Gasteiger partial charge in [-0.1, -0.05) is 17.8 Å². The van der Waals surface area contributed by atoms with Crippen molar-refractivity contribution in [3.8, 4) is 16.9 Å². The summed E-state index contributed by atoms with van der Waals surface area (Å²) >= 11 is 1.43. The molecule has 0 saturated carbocycles. The summed E-state index contributed by atoms with van der Waals surface area (Å²) in [4.78, 5) is 8.54. The molecule has 0 spiro atoms. The molecule has 148 valence electrons. The Bertz CT molecular complexity index is 927. The van der Waals surface area contributed by atoms with Gasteiger partial charge >= 0.3 is 6.61 Å². The Hall–Kier alpha value is -2.26. The van der Waals surface area contributed by atoms with E-state index in [-0.39, 0.29) is 24.4 Å². The van der Waals surface area contributed by atoms with Gasteiger partial charge in [-0.15, -0.1) is 0 Å². The molecule has 0 amide bonds. The topological polar surface area (TPSA) is 69.7 Å². The minimum Gasteiger partial charge on any atom is -0.433 e. The molecule has 2 N–H and O–H groups in total. The van der Waals surface area contributed by atoms with Crippen molar-refractivity contribution in [2.24, 2.45) is 16.6 Å². The summed E-state index contributed by atoms with van der Waals surface area (Å²) in [6.07, 6.45) is 2.62. The fraction of sp³-hybridized carbons (Fsp3) is 0.368. The fourth-order valence-electron chi connectivity index (χ4n) is 3.78. The summed E-state index contributed by atoms with van der Waals surface area (Å²) < 4.78 is 50.1. The second kappa shape index (κ2) is 7.29. The van der Waals surface area contributed by atoms with E-state index in [1.165, 1.54) is 36.3 Å². The average Bonchev–Trinajstić information content (AvgIpc) is 2.98. The molecule has 2 aromatic rings. The third-order valence-electron chi connectivity index (χ3n) is 5.17. The van der Waals surface area contributed by atoms with Crippen LogP contribution in [0.15, 0.2) is 41.7 Å². The molecular formula is C19H18F3N3O2S. The maximum atomic E-state index is 14.9. The van der Waals surface area contributed by atoms with E-state index in [0.29, 0.717) is 27.6 Å². The summed E-state index contributed by atoms with van der Waals surface area (Å²) in [6.45, 7) is -0.775. The van der Waals surface area contributed by atoms with Gasteiger partial charge in [-0.05, 0) is 30.7 Å². The van der Waals surface area contributed by atoms with E-state index in [2.05, 4.69) is 14.7 Å². The Labute approximate surface area is 164 Å². The van der Waals surface area contributed by atoms with Crippen LogP contribution in [0.1, 0.15) is 12.5 Å². The molecule has 0 unspecified atom stereocenters. The number of thioether (sulfide) groups is 1. The first-order valence-electron chi connectivity index (χ1n) is 8.69. The molecule has 5 nitrogen and oxygen atoms in total. The van der Waals surface area contributed by atoms with Gasteiger partial charge in [-0.3, -0.25) is 4.98 Å². The van der Waals surface area contributed by atoms with E-state index < -0.39 is 18.0 Å². The summed E-state index contributed by atoms with van der Waals surface area (Å²) in [5, 5.41) is 0.396. The van der Waals surface area contributed by atoms with Crippen LogP contribution in [-0.4, -0.2) is 35.2 Å². The van der Waals surface area contributed by atoms with E-state index >= 15 is 0 Å². The lowest BCUT2D eigenvalue weighted by Crippen LogP contribution is -2.41. The Balaban J connectivity index is 1.79. The number of fused-ring (bicyclic) bond motifs is 1. The molecule has 0 bridgehead atoms. The predicted octanol–water partition coefficient (Wildman–Crippen LogP) is 3.78. The van der Waals surface area contributed by atoms with Gasteiger partial charge in [0.05, 0.1) is 18.9 Å². The number of aliphatic imine (C=N–C) groups is 1. The number of nitrogens with two attached hydrogens (primary N) is 1. The van der Waals surface area contributed by atoms with Crippen molar-refractivity contribution >= 4 is 16.9 Å². The molecule has 9 heteroatoms. The summed E-state index contributed by atoms with van der Waals surface area (Å²) in [5.41, 5.74) is 6.58. The number of hydrogen-bond acceptors (Lipinski definition) is 6. The quantitative estimate of drug-likeness (QED) is 0.832. The van der Waals surface area contributed by atoms with Crippen molar-refractivity contribution in [3.05, 3.63) is 48.0 Å². The van der Waals surface area contributed by atoms with Gasteiger partial charge < -0.3 is 15.2 Å². The van der Waals surface area contributed by atoms with Crippen LogP contribution >= 0.6 is 11.8 Å². The Morgan fingerprint density at radius 1 is 1.29 bits per heavy atom. The molecular weight excluding hydrogens is 391 g/mol. The number of alkyl halides is 2. The highest BCUT2D eigenvalue weighted by atomic mass is 32.2. The number of amidine groups is 1. The number of pyridine rings is 1. The van der Waals surface area contributed by atoms with Crippen LogP contribution in [0.25, 0.3) is 11.1 Å². The molecule has 4 rings (SSSR count). The monoisotopic (exact) mass is 409 g/mol. The Morgan fingerprint density at radius 2 is 2.11 bits per heavy atom. The normalized spacial score (nSPS) is 26.8. The van der Waals surface area contributed by atoms with Gasteiger partial charge in [-0.25, -0.2) is 9.38 Å². The van der Waals surface area contributed by atoms with Crippen LogP contribution in [0.3, 0.4) is 0 Å². The highest BCUT2D eigenvalue weighted by Crippen LogP contribution is 2.48. The SMILES string of the molecule is C[C@H]1OC[C@]2(c3cc(-c4cncc(OC(F)F)c4)ccc3F)N=C(N)SC[C@H]12. The van der Waals surface area contributed by atoms with Crippen LogP contribution in [-0.2, 0) is 10.3 Å². The van der Waals surface area contributed by atoms with Crippen LogP contribution in [0.5, 0.6) is 5.75 Å². The Kier molecular flexibility index (Phi) is 4.96. The van der Waals surface area contributed by atoms with Crippen molar-refractivity contribution in [2.45, 2.75) is 25.2 Å². The summed E-state index contributed by atoms with van der Waals surface area (Å²) in [5.74, 6) is 0.173. The zero-order chi connectivity index (χ0) is 19.9. The van der Waals surface area contributed by atoms with Crippen molar-refractivity contribution in [1.82, 2.24) is 4.98 Å². The van der Waals surface area contributed by atoms with Gasteiger partial charge in [0.1, 0.15) is 17.1 Å². The van der Waals surface area contributed by atoms with Gasteiger partial charge in [0, 0.05) is 29.0 Å². The lowest BCUT2D eigenvalue weighted by molar-refractivity contribution is -0.0500. The number of benzene rings is 1. The second-order valence-corrected chi connectivity index (χ2v) is 7.83. The largest absolute Gasteiger partial charge is 0.433 e. The predicted molar refractivity (Wildman–Crippen MR) is 101 cm³/mol. The first-order chi connectivity index (χ1) is 13.4. The van der Waals surface area contributed by atoms with Gasteiger partial charge in [-0.2, -0.15) is 8.78 Å². The van der Waals surface area contributed by atoms with Crippen LogP contribution in [0.4, 0.5) is 13.2 Å². The molecule has 1 saturated heterocycles. The first kappa shape index (κ1) is 19.1. The second-order valence-electron chi connectivity index (χ2n) is 6.79. The number of halogens is 3. The zero-order valence-electron chi connectivity index (χ0n) is 14.9. The zero-order valence-corrected chi connectivity index (χ0v) is 15.8. The molecule has 0 aliphatic carbocycles. The minimum absolute atomic E-state index is 0.0267. The maximum Gasteiger partial charge on any atom is 0.387 e. The molecule has 1 fully saturated rings. The van der Waals surface area contributed by atoms with E-state index in [0.717, 1.165) is 0 Å². The molecule has 3 atom stereocenters. The Morgan fingerprint density at radius 3 is 2.89 bits per heavy atom. The van der Waals surface area contributed by atoms with Crippen LogP contribution in [0, 0.1) is 11.7 Å². The molecule has 3 heterocycles. The van der Waals surface area contributed by atoms with Crippen molar-refractivity contribution in [3.63, 3.8) is 0 Å². The number of ether oxygens (including phenoxy) is 2. The first-order valence-corrected chi connectivity index (χ1v) is 9.67. The number of nitrogens with zero attached hydrogens (tertiary/aromatic N) is 2. The van der Waals surface area contributed by atoms with E-state index in [1.807, 2.05) is 6.92 Å². The lowest BCUT2D eigenvalue weighted by atomic mass is 9.78. The lowest BCUT2D eigenvalue weighted by Gasteiger charge is -2.35. The molecule has 2 aliphatic rings.